The molecule has 0 aliphatic carbocycles. The second kappa shape index (κ2) is 5.32. The zero-order chi connectivity index (χ0) is 9.56. The normalized spacial score (nSPS) is 13.3. The largest absolute Gasteiger partial charge is 0.432 e. The Hall–Kier alpha value is -1.35. The van der Waals surface area contributed by atoms with Crippen LogP contribution in [0.2, 0.25) is 0 Å². The fourth-order valence-electron chi connectivity index (χ4n) is 0.680. The van der Waals surface area contributed by atoms with Gasteiger partial charge in [0.15, 0.2) is 0 Å². The van der Waals surface area contributed by atoms with Crippen molar-refractivity contribution < 1.29 is 14.6 Å². The van der Waals surface area contributed by atoms with E-state index >= 15 is 0 Å². The van der Waals surface area contributed by atoms with Crippen LogP contribution in [0, 0.1) is 0 Å². The minimum Gasteiger partial charge on any atom is -0.432 e. The van der Waals surface area contributed by atoms with Crippen LogP contribution in [0.15, 0.2) is 37.1 Å². The highest BCUT2D eigenvalue weighted by molar-refractivity contribution is 5.90. The molecule has 3 nitrogen and oxygen atoms in total. The number of carbonyl (C=O) groups is 1. The number of rotatable bonds is 4. The molecule has 0 saturated heterocycles. The third-order valence-corrected chi connectivity index (χ3v) is 1.28. The van der Waals surface area contributed by atoms with E-state index in [-0.39, 0.29) is 5.57 Å². The Morgan fingerprint density at radius 2 is 2.17 bits per heavy atom. The Morgan fingerprint density at radius 3 is 2.50 bits per heavy atom. The van der Waals surface area contributed by atoms with Crippen LogP contribution < -0.4 is 0 Å². The molecule has 0 aromatic rings. The number of aliphatic hydroxyl groups excluding tert-OH is 1. The lowest BCUT2D eigenvalue weighted by Crippen LogP contribution is -2.16. The van der Waals surface area contributed by atoms with E-state index in [9.17, 15) is 9.90 Å². The third kappa shape index (κ3) is 2.72. The number of esters is 1. The summed E-state index contributed by atoms with van der Waals surface area (Å²) >= 11 is 0. The molecular formula is C9H12O3. The minimum atomic E-state index is -0.984. The molecule has 66 valence electrons. The first kappa shape index (κ1) is 10.7. The van der Waals surface area contributed by atoms with Crippen LogP contribution in [-0.2, 0) is 9.53 Å². The van der Waals surface area contributed by atoms with Gasteiger partial charge in [-0.1, -0.05) is 18.7 Å². The molecule has 0 rings (SSSR count). The first-order valence-corrected chi connectivity index (χ1v) is 3.46. The van der Waals surface area contributed by atoms with Gasteiger partial charge in [-0.05, 0) is 6.92 Å². The van der Waals surface area contributed by atoms with Gasteiger partial charge in [0, 0.05) is 0 Å². The number of hydrogen-bond donors (Lipinski definition) is 1. The Morgan fingerprint density at radius 1 is 1.58 bits per heavy atom. The summed E-state index contributed by atoms with van der Waals surface area (Å²) in [4.78, 5) is 11.0. The standard InChI is InChI=1S/C9H12O3/c1-4-7(8(10)5-2)9(11)12-6-3/h4-6,8,10H,2-3H2,1H3/b7-4+. The van der Waals surface area contributed by atoms with Crippen molar-refractivity contribution in [2.45, 2.75) is 13.0 Å². The molecule has 0 aliphatic heterocycles. The van der Waals surface area contributed by atoms with Crippen LogP contribution in [0.4, 0.5) is 0 Å². The Kier molecular flexibility index (Phi) is 4.72. The topological polar surface area (TPSA) is 46.5 Å². The summed E-state index contributed by atoms with van der Waals surface area (Å²) in [6, 6.07) is 0. The van der Waals surface area contributed by atoms with Crippen LogP contribution in [0.3, 0.4) is 0 Å². The monoisotopic (exact) mass is 168 g/mol. The second-order valence-corrected chi connectivity index (χ2v) is 2.00. The predicted molar refractivity (Wildman–Crippen MR) is 46.2 cm³/mol. The van der Waals surface area contributed by atoms with E-state index < -0.39 is 12.1 Å². The van der Waals surface area contributed by atoms with Crippen molar-refractivity contribution in [3.05, 3.63) is 37.1 Å². The maximum Gasteiger partial charge on any atom is 0.341 e. The predicted octanol–water partition coefficient (Wildman–Crippen LogP) is 1.17. The molecule has 1 N–H and O–H groups in total. The SMILES string of the molecule is C=COC(=O)/C(=C/C)C(O)C=C. The van der Waals surface area contributed by atoms with Gasteiger partial charge in [0.05, 0.1) is 11.8 Å². The highest BCUT2D eigenvalue weighted by atomic mass is 16.5. The lowest BCUT2D eigenvalue weighted by atomic mass is 10.1. The van der Waals surface area contributed by atoms with Crippen molar-refractivity contribution in [1.82, 2.24) is 0 Å². The van der Waals surface area contributed by atoms with Gasteiger partial charge < -0.3 is 9.84 Å². The van der Waals surface area contributed by atoms with Gasteiger partial charge in [-0.2, -0.15) is 0 Å². The van der Waals surface area contributed by atoms with Gasteiger partial charge in [-0.15, -0.1) is 6.58 Å². The maximum atomic E-state index is 11.0. The van der Waals surface area contributed by atoms with E-state index in [2.05, 4.69) is 17.9 Å². The molecule has 0 aromatic carbocycles. The maximum absolute atomic E-state index is 11.0. The average Bonchev–Trinajstić information content (AvgIpc) is 2.06. The van der Waals surface area contributed by atoms with E-state index in [4.69, 9.17) is 0 Å². The first-order valence-electron chi connectivity index (χ1n) is 3.46. The van der Waals surface area contributed by atoms with Crippen LogP contribution in [0.5, 0.6) is 0 Å². The number of carbonyl (C=O) groups excluding carboxylic acids is 1. The highest BCUT2D eigenvalue weighted by Crippen LogP contribution is 2.05. The van der Waals surface area contributed by atoms with Crippen molar-refractivity contribution in [1.29, 1.82) is 0 Å². The fourth-order valence-corrected chi connectivity index (χ4v) is 0.680. The van der Waals surface area contributed by atoms with E-state index in [1.807, 2.05) is 0 Å². The molecule has 0 heterocycles. The lowest BCUT2D eigenvalue weighted by molar-refractivity contribution is -0.134. The molecule has 1 atom stereocenters. The molecular weight excluding hydrogens is 156 g/mol. The average molecular weight is 168 g/mol. The Labute approximate surface area is 71.7 Å². The second-order valence-electron chi connectivity index (χ2n) is 2.00. The molecule has 0 amide bonds. The molecule has 0 aromatic heterocycles. The molecule has 12 heavy (non-hydrogen) atoms. The number of aliphatic hydroxyl groups is 1. The first-order chi connectivity index (χ1) is 5.67. The van der Waals surface area contributed by atoms with Crippen LogP contribution >= 0.6 is 0 Å². The molecule has 3 heteroatoms. The molecule has 1 unspecified atom stereocenters. The van der Waals surface area contributed by atoms with Crippen molar-refractivity contribution in [3.8, 4) is 0 Å². The molecule has 0 aliphatic rings. The quantitative estimate of drug-likeness (QED) is 0.296. The summed E-state index contributed by atoms with van der Waals surface area (Å²) in [6.45, 7) is 8.20. The number of allylic oxidation sites excluding steroid dienone is 1. The number of ether oxygens (including phenoxy) is 1. The lowest BCUT2D eigenvalue weighted by Gasteiger charge is -2.07. The molecule has 0 saturated carbocycles. The van der Waals surface area contributed by atoms with Crippen molar-refractivity contribution >= 4 is 5.97 Å². The highest BCUT2D eigenvalue weighted by Gasteiger charge is 2.15. The van der Waals surface area contributed by atoms with Crippen molar-refractivity contribution in [2.75, 3.05) is 0 Å². The van der Waals surface area contributed by atoms with Crippen LogP contribution in [0.25, 0.3) is 0 Å². The summed E-state index contributed by atoms with van der Waals surface area (Å²) in [5.74, 6) is -0.611. The van der Waals surface area contributed by atoms with Gasteiger partial charge in [0.1, 0.15) is 6.10 Å². The van der Waals surface area contributed by atoms with E-state index in [1.54, 1.807) is 6.92 Å². The summed E-state index contributed by atoms with van der Waals surface area (Å²) in [6.07, 6.45) is 2.75. The Balaban J connectivity index is 4.46. The molecule has 0 fully saturated rings. The zero-order valence-corrected chi connectivity index (χ0v) is 6.99. The van der Waals surface area contributed by atoms with E-state index in [0.717, 1.165) is 6.26 Å². The summed E-state index contributed by atoms with van der Waals surface area (Å²) in [5.41, 5.74) is 0.157. The summed E-state index contributed by atoms with van der Waals surface area (Å²) in [7, 11) is 0. The van der Waals surface area contributed by atoms with E-state index in [1.165, 1.54) is 12.2 Å². The van der Waals surface area contributed by atoms with Gasteiger partial charge in [-0.3, -0.25) is 0 Å². The minimum absolute atomic E-state index is 0.157. The van der Waals surface area contributed by atoms with Gasteiger partial charge >= 0.3 is 5.97 Å². The smallest absolute Gasteiger partial charge is 0.341 e. The van der Waals surface area contributed by atoms with Crippen LogP contribution in [0.1, 0.15) is 6.92 Å². The van der Waals surface area contributed by atoms with E-state index in [0.29, 0.717) is 0 Å². The van der Waals surface area contributed by atoms with Gasteiger partial charge in [0.25, 0.3) is 0 Å². The van der Waals surface area contributed by atoms with Crippen LogP contribution in [-0.4, -0.2) is 17.2 Å². The molecule has 0 radical (unpaired) electrons. The third-order valence-electron chi connectivity index (χ3n) is 1.28. The molecule has 0 spiro atoms. The van der Waals surface area contributed by atoms with Gasteiger partial charge in [0.2, 0.25) is 0 Å². The van der Waals surface area contributed by atoms with Crippen molar-refractivity contribution in [3.63, 3.8) is 0 Å². The number of hydrogen-bond acceptors (Lipinski definition) is 3. The fraction of sp³-hybridized carbons (Fsp3) is 0.222. The molecule has 0 bridgehead atoms. The Bertz CT molecular complexity index is 216. The van der Waals surface area contributed by atoms with Crippen molar-refractivity contribution in [2.24, 2.45) is 0 Å². The zero-order valence-electron chi connectivity index (χ0n) is 6.99. The van der Waals surface area contributed by atoms with Gasteiger partial charge in [-0.25, -0.2) is 4.79 Å². The summed E-state index contributed by atoms with van der Waals surface area (Å²) in [5, 5.41) is 9.19. The summed E-state index contributed by atoms with van der Waals surface area (Å²) < 4.78 is 4.47.